The highest BCUT2D eigenvalue weighted by atomic mass is 35.7. The van der Waals surface area contributed by atoms with E-state index in [-0.39, 0.29) is 17.3 Å². The second kappa shape index (κ2) is 6.15. The molecular weight excluding hydrogens is 315 g/mol. The van der Waals surface area contributed by atoms with E-state index in [4.69, 9.17) is 10.7 Å². The van der Waals surface area contributed by atoms with Gasteiger partial charge < -0.3 is 0 Å². The molecule has 0 atom stereocenters. The maximum absolute atomic E-state index is 13.7. The van der Waals surface area contributed by atoms with Crippen molar-refractivity contribution in [1.29, 1.82) is 0 Å². The van der Waals surface area contributed by atoms with Crippen LogP contribution in [0.2, 0.25) is 0 Å². The normalized spacial score (nSPS) is 11.8. The largest absolute Gasteiger partial charge is 0.264 e. The van der Waals surface area contributed by atoms with Crippen molar-refractivity contribution in [2.24, 2.45) is 0 Å². The van der Waals surface area contributed by atoms with Crippen LogP contribution in [0.1, 0.15) is 30.8 Å². The predicted molar refractivity (Wildman–Crippen MR) is 79.5 cm³/mol. The molecule has 0 spiro atoms. The van der Waals surface area contributed by atoms with E-state index in [9.17, 15) is 12.8 Å². The summed E-state index contributed by atoms with van der Waals surface area (Å²) in [5.74, 6) is -0.344. The van der Waals surface area contributed by atoms with E-state index in [0.717, 1.165) is 0 Å². The summed E-state index contributed by atoms with van der Waals surface area (Å²) in [7, 11) is 1.64. The van der Waals surface area contributed by atoms with E-state index in [1.54, 1.807) is 25.1 Å². The Balaban J connectivity index is 2.55. The van der Waals surface area contributed by atoms with Crippen LogP contribution in [0.25, 0.3) is 0 Å². The molecule has 4 nitrogen and oxygen atoms in total. The van der Waals surface area contributed by atoms with E-state index >= 15 is 0 Å². The fourth-order valence-corrected chi connectivity index (χ4v) is 3.84. The van der Waals surface area contributed by atoms with Gasteiger partial charge >= 0.3 is 0 Å². The smallest absolute Gasteiger partial charge is 0.263 e. The molecule has 2 aromatic rings. The molecule has 0 saturated carbocycles. The Hall–Kier alpha value is -1.40. The van der Waals surface area contributed by atoms with Crippen LogP contribution in [0.5, 0.6) is 0 Å². The first kappa shape index (κ1) is 16.0. The van der Waals surface area contributed by atoms with Gasteiger partial charge in [-0.25, -0.2) is 12.8 Å². The summed E-state index contributed by atoms with van der Waals surface area (Å²) in [6, 6.07) is 6.35. The summed E-state index contributed by atoms with van der Waals surface area (Å²) in [5, 5.41) is 4.29. The van der Waals surface area contributed by atoms with E-state index in [1.165, 1.54) is 10.7 Å². The number of benzene rings is 1. The third kappa shape index (κ3) is 3.27. The molecule has 0 aliphatic heterocycles. The van der Waals surface area contributed by atoms with Crippen LogP contribution in [-0.2, 0) is 28.4 Å². The van der Waals surface area contributed by atoms with Crippen molar-refractivity contribution in [2.75, 3.05) is 0 Å². The second-order valence-corrected chi connectivity index (χ2v) is 7.12. The summed E-state index contributed by atoms with van der Waals surface area (Å²) in [4.78, 5) is 0.0607. The number of nitrogens with zero attached hydrogens (tertiary/aromatic N) is 2. The predicted octanol–water partition coefficient (Wildman–Crippen LogP) is 3.12. The molecule has 0 aliphatic rings. The number of aryl methyl sites for hydroxylation is 1. The Kier molecular flexibility index (Phi) is 4.68. The van der Waals surface area contributed by atoms with Crippen LogP contribution in [0, 0.1) is 5.82 Å². The molecule has 0 bridgehead atoms. The summed E-state index contributed by atoms with van der Waals surface area (Å²) >= 11 is 0. The van der Waals surface area contributed by atoms with Crippen molar-refractivity contribution >= 4 is 19.7 Å². The first-order chi connectivity index (χ1) is 9.88. The average molecular weight is 331 g/mol. The van der Waals surface area contributed by atoms with Crippen molar-refractivity contribution < 1.29 is 12.8 Å². The lowest BCUT2D eigenvalue weighted by Gasteiger charge is -2.07. The van der Waals surface area contributed by atoms with Gasteiger partial charge in [-0.3, -0.25) is 4.68 Å². The van der Waals surface area contributed by atoms with Gasteiger partial charge in [0.15, 0.2) is 0 Å². The Morgan fingerprint density at radius 1 is 1.24 bits per heavy atom. The molecule has 1 aromatic heterocycles. The highest BCUT2D eigenvalue weighted by molar-refractivity contribution is 8.13. The molecular formula is C14H16ClFN2O2S. The number of rotatable bonds is 5. The molecule has 114 valence electrons. The molecule has 0 N–H and O–H groups in total. The lowest BCUT2D eigenvalue weighted by atomic mass is 10.2. The first-order valence-corrected chi connectivity index (χ1v) is 8.96. The molecule has 7 heteroatoms. The van der Waals surface area contributed by atoms with Gasteiger partial charge in [0, 0.05) is 16.2 Å². The number of halogens is 2. The van der Waals surface area contributed by atoms with E-state index < -0.39 is 9.05 Å². The van der Waals surface area contributed by atoms with Crippen molar-refractivity contribution in [3.63, 3.8) is 0 Å². The fraction of sp³-hybridized carbons (Fsp3) is 0.357. The van der Waals surface area contributed by atoms with Gasteiger partial charge in [0.25, 0.3) is 9.05 Å². The number of aromatic nitrogens is 2. The monoisotopic (exact) mass is 330 g/mol. The van der Waals surface area contributed by atoms with Crippen molar-refractivity contribution in [3.05, 3.63) is 47.0 Å². The average Bonchev–Trinajstić information content (AvgIpc) is 2.79. The van der Waals surface area contributed by atoms with Gasteiger partial charge in [0.05, 0.1) is 17.9 Å². The first-order valence-electron chi connectivity index (χ1n) is 6.65. The van der Waals surface area contributed by atoms with Crippen LogP contribution in [0.4, 0.5) is 4.39 Å². The molecule has 1 aromatic carbocycles. The maximum Gasteiger partial charge on any atom is 0.264 e. The third-order valence-electron chi connectivity index (χ3n) is 3.27. The van der Waals surface area contributed by atoms with Crippen LogP contribution in [0.15, 0.2) is 29.2 Å². The molecule has 1 heterocycles. The lowest BCUT2D eigenvalue weighted by molar-refractivity contribution is 0.572. The Morgan fingerprint density at radius 2 is 1.90 bits per heavy atom. The number of hydrogen-bond acceptors (Lipinski definition) is 3. The maximum atomic E-state index is 13.7. The van der Waals surface area contributed by atoms with Gasteiger partial charge in [-0.15, -0.1) is 0 Å². The summed E-state index contributed by atoms with van der Waals surface area (Å²) < 4.78 is 38.8. The zero-order valence-electron chi connectivity index (χ0n) is 11.8. The quantitative estimate of drug-likeness (QED) is 0.791. The van der Waals surface area contributed by atoms with Crippen molar-refractivity contribution in [3.8, 4) is 0 Å². The van der Waals surface area contributed by atoms with Gasteiger partial charge in [0.2, 0.25) is 0 Å². The van der Waals surface area contributed by atoms with Crippen LogP contribution in [0.3, 0.4) is 0 Å². The van der Waals surface area contributed by atoms with Gasteiger partial charge in [0.1, 0.15) is 10.7 Å². The molecule has 0 saturated heterocycles. The van der Waals surface area contributed by atoms with E-state index in [1.807, 2.05) is 6.92 Å². The lowest BCUT2D eigenvalue weighted by Crippen LogP contribution is -2.08. The molecule has 0 amide bonds. The summed E-state index contributed by atoms with van der Waals surface area (Å²) in [5.41, 5.74) is 1.37. The highest BCUT2D eigenvalue weighted by Gasteiger charge is 2.25. The molecule has 0 fully saturated rings. The molecule has 0 unspecified atom stereocenters. The molecule has 0 radical (unpaired) electrons. The van der Waals surface area contributed by atoms with Gasteiger partial charge in [-0.05, 0) is 18.9 Å². The minimum Gasteiger partial charge on any atom is -0.263 e. The van der Waals surface area contributed by atoms with E-state index in [2.05, 4.69) is 5.10 Å². The van der Waals surface area contributed by atoms with E-state index in [0.29, 0.717) is 29.8 Å². The minimum atomic E-state index is -3.87. The van der Waals surface area contributed by atoms with Crippen LogP contribution >= 0.6 is 10.7 Å². The molecule has 2 rings (SSSR count). The summed E-state index contributed by atoms with van der Waals surface area (Å²) in [6.45, 7) is 3.80. The minimum absolute atomic E-state index is 0.0607. The topological polar surface area (TPSA) is 52.0 Å². The van der Waals surface area contributed by atoms with Crippen molar-refractivity contribution in [2.45, 2.75) is 38.1 Å². The van der Waals surface area contributed by atoms with Gasteiger partial charge in [-0.2, -0.15) is 5.10 Å². The fourth-order valence-electron chi connectivity index (χ4n) is 2.31. The SMILES string of the molecule is CCc1nn(Cc2ccccc2F)c(CC)c1S(=O)(=O)Cl. The molecule has 21 heavy (non-hydrogen) atoms. The van der Waals surface area contributed by atoms with Crippen LogP contribution < -0.4 is 0 Å². The molecule has 0 aliphatic carbocycles. The standard InChI is InChI=1S/C14H16ClFN2O2S/c1-3-12-14(21(15,19)20)13(4-2)18(17-12)9-10-7-5-6-8-11(10)16/h5-8H,3-4,9H2,1-2H3. The Morgan fingerprint density at radius 3 is 2.43 bits per heavy atom. The van der Waals surface area contributed by atoms with Gasteiger partial charge in [-0.1, -0.05) is 32.0 Å². The zero-order valence-corrected chi connectivity index (χ0v) is 13.4. The van der Waals surface area contributed by atoms with Crippen molar-refractivity contribution in [1.82, 2.24) is 9.78 Å². The number of hydrogen-bond donors (Lipinski definition) is 0. The van der Waals surface area contributed by atoms with Crippen LogP contribution in [-0.4, -0.2) is 18.2 Å². The Labute approximate surface area is 128 Å². The third-order valence-corrected chi connectivity index (χ3v) is 4.69. The highest BCUT2D eigenvalue weighted by Crippen LogP contribution is 2.26. The second-order valence-electron chi connectivity index (χ2n) is 4.62. The summed E-state index contributed by atoms with van der Waals surface area (Å²) in [6.07, 6.45) is 0.890. The zero-order chi connectivity index (χ0) is 15.6. The Bertz CT molecular complexity index is 756.